The van der Waals surface area contributed by atoms with Crippen LogP contribution >= 0.6 is 15.9 Å². The molecule has 1 amide bonds. The van der Waals surface area contributed by atoms with E-state index in [1.165, 1.54) is 6.07 Å². The largest absolute Gasteiger partial charge is 0.365 e. The van der Waals surface area contributed by atoms with Crippen LogP contribution in [0.5, 0.6) is 0 Å². The van der Waals surface area contributed by atoms with Crippen LogP contribution < -0.4 is 5.73 Å². The lowest BCUT2D eigenvalue weighted by molar-refractivity contribution is -0.149. The van der Waals surface area contributed by atoms with Gasteiger partial charge in [-0.15, -0.1) is 0 Å². The van der Waals surface area contributed by atoms with E-state index in [0.29, 0.717) is 18.7 Å². The van der Waals surface area contributed by atoms with Gasteiger partial charge < -0.3 is 15.4 Å². The van der Waals surface area contributed by atoms with E-state index >= 15 is 0 Å². The highest BCUT2D eigenvalue weighted by Gasteiger charge is 2.26. The van der Waals surface area contributed by atoms with Gasteiger partial charge in [0.05, 0.1) is 6.10 Å². The standard InChI is InChI=1S/C12H14BrFN2O2/c13-9-1-2-11(14)8(3-9)5-16-6-10(4-15)18-7-12(16)17/h1-3,10H,4-7,15H2. The fourth-order valence-electron chi connectivity index (χ4n) is 1.85. The van der Waals surface area contributed by atoms with Gasteiger partial charge in [-0.3, -0.25) is 4.79 Å². The Morgan fingerprint density at radius 1 is 1.56 bits per heavy atom. The van der Waals surface area contributed by atoms with Crippen molar-refractivity contribution < 1.29 is 13.9 Å². The molecule has 0 bridgehead atoms. The summed E-state index contributed by atoms with van der Waals surface area (Å²) in [6, 6.07) is 4.68. The summed E-state index contributed by atoms with van der Waals surface area (Å²) in [6.07, 6.45) is -0.169. The molecular weight excluding hydrogens is 303 g/mol. The molecule has 6 heteroatoms. The number of carbonyl (C=O) groups is 1. The van der Waals surface area contributed by atoms with Crippen molar-refractivity contribution in [2.24, 2.45) is 5.73 Å². The van der Waals surface area contributed by atoms with Crippen LogP contribution in [-0.2, 0) is 16.1 Å². The zero-order valence-electron chi connectivity index (χ0n) is 9.73. The molecule has 1 aromatic carbocycles. The summed E-state index contributed by atoms with van der Waals surface area (Å²) in [5, 5.41) is 0. The molecule has 2 rings (SSSR count). The fourth-order valence-corrected chi connectivity index (χ4v) is 2.25. The molecule has 0 spiro atoms. The number of halogens is 2. The third kappa shape index (κ3) is 3.07. The second-order valence-corrected chi connectivity index (χ2v) is 5.09. The normalized spacial score (nSPS) is 20.3. The first-order chi connectivity index (χ1) is 8.60. The summed E-state index contributed by atoms with van der Waals surface area (Å²) in [5.41, 5.74) is 6.00. The quantitative estimate of drug-likeness (QED) is 0.913. The lowest BCUT2D eigenvalue weighted by atomic mass is 10.1. The second kappa shape index (κ2) is 5.77. The van der Waals surface area contributed by atoms with Crippen molar-refractivity contribution in [3.8, 4) is 0 Å². The van der Waals surface area contributed by atoms with Crippen molar-refractivity contribution in [2.75, 3.05) is 19.7 Å². The van der Waals surface area contributed by atoms with E-state index in [0.717, 1.165) is 4.47 Å². The van der Waals surface area contributed by atoms with E-state index in [9.17, 15) is 9.18 Å². The van der Waals surface area contributed by atoms with Gasteiger partial charge in [0.25, 0.3) is 0 Å². The van der Waals surface area contributed by atoms with Gasteiger partial charge in [-0.2, -0.15) is 0 Å². The number of carbonyl (C=O) groups excluding carboxylic acids is 1. The predicted octanol–water partition coefficient (Wildman–Crippen LogP) is 1.27. The van der Waals surface area contributed by atoms with Gasteiger partial charge >= 0.3 is 0 Å². The molecule has 98 valence electrons. The lowest BCUT2D eigenvalue weighted by Gasteiger charge is -2.32. The van der Waals surface area contributed by atoms with Gasteiger partial charge in [0.2, 0.25) is 5.91 Å². The number of rotatable bonds is 3. The summed E-state index contributed by atoms with van der Waals surface area (Å²) < 4.78 is 19.6. The first-order valence-corrected chi connectivity index (χ1v) is 6.43. The number of hydrogen-bond donors (Lipinski definition) is 1. The molecule has 1 aliphatic rings. The summed E-state index contributed by atoms with van der Waals surface area (Å²) in [4.78, 5) is 13.3. The van der Waals surface area contributed by atoms with Crippen molar-refractivity contribution in [1.82, 2.24) is 4.90 Å². The summed E-state index contributed by atoms with van der Waals surface area (Å²) >= 11 is 3.29. The minimum atomic E-state index is -0.318. The van der Waals surface area contributed by atoms with Gasteiger partial charge in [-0.25, -0.2) is 4.39 Å². The van der Waals surface area contributed by atoms with E-state index in [1.807, 2.05) is 0 Å². The molecule has 4 nitrogen and oxygen atoms in total. The Bertz CT molecular complexity index is 456. The summed E-state index contributed by atoms with van der Waals surface area (Å²) in [5.74, 6) is -0.458. The second-order valence-electron chi connectivity index (χ2n) is 4.18. The predicted molar refractivity (Wildman–Crippen MR) is 68.3 cm³/mol. The smallest absolute Gasteiger partial charge is 0.248 e. The first-order valence-electron chi connectivity index (χ1n) is 5.63. The zero-order valence-corrected chi connectivity index (χ0v) is 11.3. The fraction of sp³-hybridized carbons (Fsp3) is 0.417. The molecular formula is C12H14BrFN2O2. The van der Waals surface area contributed by atoms with Crippen LogP contribution in [0.3, 0.4) is 0 Å². The minimum absolute atomic E-state index is 0.0114. The highest BCUT2D eigenvalue weighted by Crippen LogP contribution is 2.18. The molecule has 0 radical (unpaired) electrons. The zero-order chi connectivity index (χ0) is 13.1. The molecule has 0 aliphatic carbocycles. The van der Waals surface area contributed by atoms with E-state index in [2.05, 4.69) is 15.9 Å². The van der Waals surface area contributed by atoms with Crippen LogP contribution in [0.2, 0.25) is 0 Å². The van der Waals surface area contributed by atoms with Crippen LogP contribution in [0.15, 0.2) is 22.7 Å². The molecule has 1 aromatic rings. The molecule has 1 heterocycles. The van der Waals surface area contributed by atoms with Crippen molar-refractivity contribution in [1.29, 1.82) is 0 Å². The topological polar surface area (TPSA) is 55.6 Å². The summed E-state index contributed by atoms with van der Waals surface area (Å²) in [7, 11) is 0. The van der Waals surface area contributed by atoms with E-state index in [4.69, 9.17) is 10.5 Å². The van der Waals surface area contributed by atoms with Crippen molar-refractivity contribution in [3.63, 3.8) is 0 Å². The van der Waals surface area contributed by atoms with Gasteiger partial charge in [0.1, 0.15) is 12.4 Å². The lowest BCUT2D eigenvalue weighted by Crippen LogP contribution is -2.48. The molecule has 1 fully saturated rings. The Balaban J connectivity index is 2.11. The Hall–Kier alpha value is -0.980. The third-order valence-corrected chi connectivity index (χ3v) is 3.34. The maximum absolute atomic E-state index is 13.6. The molecule has 18 heavy (non-hydrogen) atoms. The van der Waals surface area contributed by atoms with E-state index in [1.54, 1.807) is 17.0 Å². The van der Waals surface area contributed by atoms with Crippen molar-refractivity contribution in [3.05, 3.63) is 34.1 Å². The molecule has 1 atom stereocenters. The number of nitrogens with two attached hydrogens (primary N) is 1. The van der Waals surface area contributed by atoms with Crippen molar-refractivity contribution in [2.45, 2.75) is 12.6 Å². The maximum atomic E-state index is 13.6. The van der Waals surface area contributed by atoms with Gasteiger partial charge in [0.15, 0.2) is 0 Å². The number of benzene rings is 1. The number of nitrogens with zero attached hydrogens (tertiary/aromatic N) is 1. The van der Waals surface area contributed by atoms with Gasteiger partial charge in [-0.05, 0) is 18.2 Å². The van der Waals surface area contributed by atoms with Crippen LogP contribution in [0.4, 0.5) is 4.39 Å². The third-order valence-electron chi connectivity index (χ3n) is 2.85. The van der Waals surface area contributed by atoms with E-state index in [-0.39, 0.29) is 31.0 Å². The number of ether oxygens (including phenoxy) is 1. The van der Waals surface area contributed by atoms with Crippen molar-refractivity contribution >= 4 is 21.8 Å². The highest BCUT2D eigenvalue weighted by atomic mass is 79.9. The minimum Gasteiger partial charge on any atom is -0.365 e. The Morgan fingerprint density at radius 3 is 3.06 bits per heavy atom. The molecule has 1 saturated heterocycles. The SMILES string of the molecule is NCC1CN(Cc2cc(Br)ccc2F)C(=O)CO1. The number of morpholine rings is 1. The molecule has 1 aliphatic heterocycles. The Labute approximate surface area is 113 Å². The van der Waals surface area contributed by atoms with E-state index < -0.39 is 0 Å². The molecule has 2 N–H and O–H groups in total. The molecule has 1 unspecified atom stereocenters. The molecule has 0 aromatic heterocycles. The maximum Gasteiger partial charge on any atom is 0.248 e. The summed E-state index contributed by atoms with van der Waals surface area (Å²) in [6.45, 7) is 1.01. The van der Waals surface area contributed by atoms with Crippen LogP contribution in [0, 0.1) is 5.82 Å². The van der Waals surface area contributed by atoms with Gasteiger partial charge in [0, 0.05) is 29.7 Å². The Morgan fingerprint density at radius 2 is 2.33 bits per heavy atom. The van der Waals surface area contributed by atoms with Gasteiger partial charge in [-0.1, -0.05) is 15.9 Å². The van der Waals surface area contributed by atoms with Crippen LogP contribution in [-0.4, -0.2) is 36.6 Å². The van der Waals surface area contributed by atoms with Crippen LogP contribution in [0.25, 0.3) is 0 Å². The average Bonchev–Trinajstić information content (AvgIpc) is 2.36. The monoisotopic (exact) mass is 316 g/mol. The molecule has 0 saturated carbocycles. The van der Waals surface area contributed by atoms with Crippen LogP contribution in [0.1, 0.15) is 5.56 Å². The number of hydrogen-bond acceptors (Lipinski definition) is 3. The first kappa shape index (κ1) is 13.5. The average molecular weight is 317 g/mol. The highest BCUT2D eigenvalue weighted by molar-refractivity contribution is 9.10. The number of amides is 1. The Kier molecular flexibility index (Phi) is 4.31.